The minimum atomic E-state index is -0.346. The summed E-state index contributed by atoms with van der Waals surface area (Å²) in [5.74, 6) is -0.345. The molecule has 1 aromatic heterocycles. The van der Waals surface area contributed by atoms with E-state index in [2.05, 4.69) is 10.4 Å². The van der Waals surface area contributed by atoms with Gasteiger partial charge in [-0.2, -0.15) is 5.10 Å². The van der Waals surface area contributed by atoms with Gasteiger partial charge >= 0.3 is 0 Å². The molecule has 4 rings (SSSR count). The molecule has 1 spiro atoms. The van der Waals surface area contributed by atoms with Crippen LogP contribution in [0.15, 0.2) is 30.5 Å². The minimum Gasteiger partial charge on any atom is -0.338 e. The quantitative estimate of drug-likeness (QED) is 0.874. The number of benzene rings is 1. The number of hydrogen-bond acceptors (Lipinski definition) is 3. The Labute approximate surface area is 159 Å². The fraction of sp³-hybridized carbons (Fsp3) is 0.474. The first-order valence-electron chi connectivity index (χ1n) is 8.89. The van der Waals surface area contributed by atoms with Gasteiger partial charge in [-0.3, -0.25) is 4.79 Å². The predicted molar refractivity (Wildman–Crippen MR) is 101 cm³/mol. The highest BCUT2D eigenvalue weighted by atomic mass is 35.5. The molecule has 5 nitrogen and oxygen atoms in total. The minimum absolute atomic E-state index is 0. The summed E-state index contributed by atoms with van der Waals surface area (Å²) < 4.78 is 15.5. The van der Waals surface area contributed by atoms with Crippen molar-refractivity contribution in [2.45, 2.75) is 26.2 Å². The van der Waals surface area contributed by atoms with Gasteiger partial charge in [0, 0.05) is 19.6 Å². The second-order valence-electron chi connectivity index (χ2n) is 7.23. The lowest BCUT2D eigenvalue weighted by Gasteiger charge is -2.38. The molecular weight excluding hydrogens is 355 g/mol. The van der Waals surface area contributed by atoms with Crippen molar-refractivity contribution >= 4 is 18.3 Å². The van der Waals surface area contributed by atoms with Crippen LogP contribution in [0.1, 0.15) is 35.3 Å². The Morgan fingerprint density at radius 1 is 1.23 bits per heavy atom. The van der Waals surface area contributed by atoms with E-state index in [0.29, 0.717) is 22.4 Å². The molecule has 0 aliphatic carbocycles. The second kappa shape index (κ2) is 7.37. The molecule has 1 aromatic carbocycles. The standard InChI is InChI=1S/C19H23FN4O.ClH/c1-14-15(12-22-24(14)17-5-3-2-4-16(17)20)18(25)23-10-7-19(8-11-23)6-9-21-13-19;/h2-5,12,21H,6-11,13H2,1H3;1H. The Morgan fingerprint density at radius 2 is 1.96 bits per heavy atom. The van der Waals surface area contributed by atoms with Gasteiger partial charge in [-0.15, -0.1) is 12.4 Å². The van der Waals surface area contributed by atoms with Gasteiger partial charge in [0.05, 0.1) is 17.5 Å². The van der Waals surface area contributed by atoms with Gasteiger partial charge in [0.15, 0.2) is 0 Å². The Kier molecular flexibility index (Phi) is 5.34. The molecule has 0 unspecified atom stereocenters. The van der Waals surface area contributed by atoms with Crippen LogP contribution in [-0.4, -0.2) is 46.8 Å². The number of halogens is 2. The molecule has 7 heteroatoms. The number of hydrogen-bond donors (Lipinski definition) is 1. The fourth-order valence-corrected chi connectivity index (χ4v) is 4.06. The van der Waals surface area contributed by atoms with Crippen LogP contribution >= 0.6 is 12.4 Å². The molecule has 140 valence electrons. The topological polar surface area (TPSA) is 50.2 Å². The van der Waals surface area contributed by atoms with E-state index in [1.165, 1.54) is 17.2 Å². The summed E-state index contributed by atoms with van der Waals surface area (Å²) in [5.41, 5.74) is 1.98. The van der Waals surface area contributed by atoms with Crippen molar-refractivity contribution in [3.8, 4) is 5.69 Å². The van der Waals surface area contributed by atoms with Gasteiger partial charge in [-0.25, -0.2) is 9.07 Å². The van der Waals surface area contributed by atoms with Gasteiger partial charge in [-0.1, -0.05) is 12.1 Å². The molecule has 1 amide bonds. The summed E-state index contributed by atoms with van der Waals surface area (Å²) in [6.45, 7) is 5.54. The number of nitrogens with one attached hydrogen (secondary N) is 1. The zero-order chi connectivity index (χ0) is 17.4. The number of rotatable bonds is 2. The molecule has 2 saturated heterocycles. The second-order valence-corrected chi connectivity index (χ2v) is 7.23. The number of nitrogens with zero attached hydrogens (tertiary/aromatic N) is 3. The molecule has 0 atom stereocenters. The third-order valence-corrected chi connectivity index (χ3v) is 5.76. The van der Waals surface area contributed by atoms with Gasteiger partial charge in [0.25, 0.3) is 5.91 Å². The van der Waals surface area contributed by atoms with Crippen LogP contribution in [0.2, 0.25) is 0 Å². The molecule has 2 aromatic rings. The molecule has 0 bridgehead atoms. The molecule has 2 fully saturated rings. The first-order valence-corrected chi connectivity index (χ1v) is 8.89. The average Bonchev–Trinajstić information content (AvgIpc) is 3.23. The highest BCUT2D eigenvalue weighted by molar-refractivity contribution is 5.95. The third kappa shape index (κ3) is 3.23. The number of piperidine rings is 1. The van der Waals surface area contributed by atoms with E-state index in [0.717, 1.165) is 39.0 Å². The number of likely N-dealkylation sites (tertiary alicyclic amines) is 1. The molecule has 1 N–H and O–H groups in total. The maximum atomic E-state index is 14.0. The fourth-order valence-electron chi connectivity index (χ4n) is 4.06. The van der Waals surface area contributed by atoms with Crippen LogP contribution in [-0.2, 0) is 0 Å². The van der Waals surface area contributed by atoms with Crippen molar-refractivity contribution in [3.05, 3.63) is 47.5 Å². The Bertz CT molecular complexity index is 791. The highest BCUT2D eigenvalue weighted by Gasteiger charge is 2.38. The lowest BCUT2D eigenvalue weighted by molar-refractivity contribution is 0.0607. The summed E-state index contributed by atoms with van der Waals surface area (Å²) in [5, 5.41) is 7.69. The van der Waals surface area contributed by atoms with Crippen molar-refractivity contribution in [1.82, 2.24) is 20.0 Å². The zero-order valence-electron chi connectivity index (χ0n) is 14.9. The number of amides is 1. The van der Waals surface area contributed by atoms with E-state index in [1.54, 1.807) is 24.4 Å². The lowest BCUT2D eigenvalue weighted by atomic mass is 9.78. The average molecular weight is 379 g/mol. The number of para-hydroxylation sites is 1. The van der Waals surface area contributed by atoms with Gasteiger partial charge in [-0.05, 0) is 50.3 Å². The third-order valence-electron chi connectivity index (χ3n) is 5.76. The maximum Gasteiger partial charge on any atom is 0.257 e. The molecule has 3 heterocycles. The smallest absolute Gasteiger partial charge is 0.257 e. The van der Waals surface area contributed by atoms with Crippen molar-refractivity contribution in [2.75, 3.05) is 26.2 Å². The first kappa shape index (κ1) is 18.9. The summed E-state index contributed by atoms with van der Waals surface area (Å²) >= 11 is 0. The predicted octanol–water partition coefficient (Wildman–Crippen LogP) is 2.96. The molecule has 0 radical (unpaired) electrons. The number of aromatic nitrogens is 2. The Balaban J connectivity index is 0.00000196. The van der Waals surface area contributed by atoms with Crippen molar-refractivity contribution < 1.29 is 9.18 Å². The monoisotopic (exact) mass is 378 g/mol. The zero-order valence-corrected chi connectivity index (χ0v) is 15.7. The number of carbonyl (C=O) groups excluding carboxylic acids is 1. The summed E-state index contributed by atoms with van der Waals surface area (Å²) in [6.07, 6.45) is 4.86. The summed E-state index contributed by atoms with van der Waals surface area (Å²) in [7, 11) is 0. The van der Waals surface area contributed by atoms with E-state index in [-0.39, 0.29) is 24.1 Å². The van der Waals surface area contributed by atoms with Crippen molar-refractivity contribution in [1.29, 1.82) is 0 Å². The Hall–Kier alpha value is -1.92. The van der Waals surface area contributed by atoms with Crippen LogP contribution in [0.4, 0.5) is 4.39 Å². The SMILES string of the molecule is Cc1c(C(=O)N2CCC3(CCNC3)CC2)cnn1-c1ccccc1F.Cl. The van der Waals surface area contributed by atoms with E-state index < -0.39 is 0 Å². The van der Waals surface area contributed by atoms with Crippen LogP contribution < -0.4 is 5.32 Å². The normalized spacial score (nSPS) is 18.8. The van der Waals surface area contributed by atoms with E-state index >= 15 is 0 Å². The summed E-state index contributed by atoms with van der Waals surface area (Å²) in [6, 6.07) is 6.48. The molecule has 26 heavy (non-hydrogen) atoms. The molecule has 2 aliphatic heterocycles. The van der Waals surface area contributed by atoms with E-state index in [1.807, 2.05) is 11.8 Å². The van der Waals surface area contributed by atoms with Gasteiger partial charge in [0.1, 0.15) is 11.5 Å². The molecular formula is C19H24ClFN4O. The highest BCUT2D eigenvalue weighted by Crippen LogP contribution is 2.37. The van der Waals surface area contributed by atoms with Crippen LogP contribution in [0.25, 0.3) is 5.69 Å². The number of carbonyl (C=O) groups is 1. The Morgan fingerprint density at radius 3 is 2.62 bits per heavy atom. The van der Waals surface area contributed by atoms with E-state index in [9.17, 15) is 9.18 Å². The van der Waals surface area contributed by atoms with Crippen LogP contribution in [0.3, 0.4) is 0 Å². The van der Waals surface area contributed by atoms with E-state index in [4.69, 9.17) is 0 Å². The molecule has 0 saturated carbocycles. The van der Waals surface area contributed by atoms with Crippen LogP contribution in [0.5, 0.6) is 0 Å². The lowest BCUT2D eigenvalue weighted by Crippen LogP contribution is -2.44. The maximum absolute atomic E-state index is 14.0. The van der Waals surface area contributed by atoms with Crippen LogP contribution in [0, 0.1) is 18.2 Å². The van der Waals surface area contributed by atoms with Crippen molar-refractivity contribution in [2.24, 2.45) is 5.41 Å². The van der Waals surface area contributed by atoms with Gasteiger partial charge < -0.3 is 10.2 Å². The molecule has 2 aliphatic rings. The summed E-state index contributed by atoms with van der Waals surface area (Å²) in [4.78, 5) is 14.8. The first-order chi connectivity index (χ1) is 12.1. The largest absolute Gasteiger partial charge is 0.338 e. The van der Waals surface area contributed by atoms with Gasteiger partial charge in [0.2, 0.25) is 0 Å². The van der Waals surface area contributed by atoms with Crippen molar-refractivity contribution in [3.63, 3.8) is 0 Å².